The largest absolute Gasteiger partial charge is 0.504 e. The molecule has 1 aliphatic heterocycles. The van der Waals surface area contributed by atoms with Crippen molar-refractivity contribution in [2.45, 2.75) is 38.3 Å². The van der Waals surface area contributed by atoms with Crippen molar-refractivity contribution in [3.63, 3.8) is 0 Å². The van der Waals surface area contributed by atoms with Crippen LogP contribution in [0.2, 0.25) is 0 Å². The van der Waals surface area contributed by atoms with Gasteiger partial charge in [-0.25, -0.2) is 0 Å². The van der Waals surface area contributed by atoms with Crippen LogP contribution in [0, 0.1) is 0 Å². The van der Waals surface area contributed by atoms with E-state index in [-0.39, 0.29) is 29.1 Å². The molecule has 0 radical (unpaired) electrons. The first kappa shape index (κ1) is 20.2. The van der Waals surface area contributed by atoms with E-state index in [0.717, 1.165) is 16.7 Å². The van der Waals surface area contributed by atoms with Crippen LogP contribution < -0.4 is 9.47 Å². The first-order valence-electron chi connectivity index (χ1n) is 9.78. The second-order valence-corrected chi connectivity index (χ2v) is 8.02. The molecule has 1 aliphatic carbocycles. The Bertz CT molecular complexity index is 1080. The number of ketones is 2. The Labute approximate surface area is 174 Å². The van der Waals surface area contributed by atoms with E-state index in [2.05, 4.69) is 0 Å². The lowest BCUT2D eigenvalue weighted by Crippen LogP contribution is -2.51. The SMILES string of the molecule is COc1cc2c(cc1O)CC1c3c(cc(O)c(OC)c3-2)C(C(C)=O)C(C(C)=O)N1C. The van der Waals surface area contributed by atoms with E-state index in [1.54, 1.807) is 18.2 Å². The number of hydrogen-bond acceptors (Lipinski definition) is 7. The average Bonchev–Trinajstić information content (AvgIpc) is 2.68. The molecule has 2 N–H and O–H groups in total. The number of nitrogens with zero attached hydrogens (tertiary/aromatic N) is 1. The van der Waals surface area contributed by atoms with Gasteiger partial charge in [0.15, 0.2) is 23.0 Å². The smallest absolute Gasteiger partial charge is 0.168 e. The fourth-order valence-electron chi connectivity index (χ4n) is 5.17. The van der Waals surface area contributed by atoms with E-state index in [1.807, 2.05) is 11.9 Å². The van der Waals surface area contributed by atoms with Gasteiger partial charge in [0, 0.05) is 11.6 Å². The van der Waals surface area contributed by atoms with Crippen molar-refractivity contribution in [1.82, 2.24) is 4.90 Å². The average molecular weight is 411 g/mol. The highest BCUT2D eigenvalue weighted by Crippen LogP contribution is 2.56. The summed E-state index contributed by atoms with van der Waals surface area (Å²) >= 11 is 0. The van der Waals surface area contributed by atoms with Crippen LogP contribution in [0.5, 0.6) is 23.0 Å². The Morgan fingerprint density at radius 2 is 1.73 bits per heavy atom. The van der Waals surface area contributed by atoms with Crippen molar-refractivity contribution in [2.75, 3.05) is 21.3 Å². The summed E-state index contributed by atoms with van der Waals surface area (Å²) in [6.45, 7) is 2.96. The van der Waals surface area contributed by atoms with Crippen molar-refractivity contribution in [3.8, 4) is 34.1 Å². The van der Waals surface area contributed by atoms with E-state index < -0.39 is 12.0 Å². The summed E-state index contributed by atoms with van der Waals surface area (Å²) in [5.41, 5.74) is 3.79. The lowest BCUT2D eigenvalue weighted by molar-refractivity contribution is -0.130. The molecule has 0 fully saturated rings. The second-order valence-electron chi connectivity index (χ2n) is 8.02. The molecule has 2 aromatic carbocycles. The van der Waals surface area contributed by atoms with Gasteiger partial charge in [-0.15, -0.1) is 0 Å². The number of hydrogen-bond donors (Lipinski definition) is 2. The molecule has 4 rings (SSSR count). The standard InChI is InChI=1S/C23H25NO6/c1-10(25)19-14-8-17(28)23(30-5)21-13-9-18(29-4)16(27)7-12(13)6-15(20(14)21)24(3)22(19)11(2)26/h7-9,15,19,22,27-28H,6H2,1-5H3. The van der Waals surface area contributed by atoms with Crippen molar-refractivity contribution < 1.29 is 29.3 Å². The fourth-order valence-corrected chi connectivity index (χ4v) is 5.17. The van der Waals surface area contributed by atoms with E-state index in [4.69, 9.17) is 9.47 Å². The zero-order valence-corrected chi connectivity index (χ0v) is 17.6. The molecule has 158 valence electrons. The first-order valence-corrected chi connectivity index (χ1v) is 9.78. The second kappa shape index (κ2) is 7.02. The molecule has 3 unspecified atom stereocenters. The van der Waals surface area contributed by atoms with Crippen molar-refractivity contribution in [1.29, 1.82) is 0 Å². The molecule has 0 aromatic heterocycles. The van der Waals surface area contributed by atoms with E-state index in [0.29, 0.717) is 29.0 Å². The van der Waals surface area contributed by atoms with E-state index >= 15 is 0 Å². The van der Waals surface area contributed by atoms with Crippen LogP contribution >= 0.6 is 0 Å². The normalized spacial score (nSPS) is 22.1. The van der Waals surface area contributed by atoms with Crippen LogP contribution in [-0.4, -0.2) is 54.0 Å². The van der Waals surface area contributed by atoms with Gasteiger partial charge in [-0.3, -0.25) is 14.5 Å². The molecule has 2 aliphatic rings. The number of carbonyl (C=O) groups is 2. The Morgan fingerprint density at radius 1 is 1.03 bits per heavy atom. The molecule has 0 spiro atoms. The van der Waals surface area contributed by atoms with Crippen LogP contribution in [0.4, 0.5) is 0 Å². The molecule has 0 saturated heterocycles. The zero-order chi connectivity index (χ0) is 21.9. The molecule has 0 saturated carbocycles. The Hall–Kier alpha value is -3.06. The van der Waals surface area contributed by atoms with Crippen molar-refractivity contribution >= 4 is 11.6 Å². The van der Waals surface area contributed by atoms with Gasteiger partial charge >= 0.3 is 0 Å². The summed E-state index contributed by atoms with van der Waals surface area (Å²) in [5.74, 6) is -0.408. The van der Waals surface area contributed by atoms with Crippen LogP contribution in [0.25, 0.3) is 11.1 Å². The Morgan fingerprint density at radius 3 is 2.30 bits per heavy atom. The molecular formula is C23H25NO6. The third kappa shape index (κ3) is 2.69. The minimum atomic E-state index is -0.685. The molecule has 7 nitrogen and oxygen atoms in total. The number of phenols is 2. The lowest BCUT2D eigenvalue weighted by Gasteiger charge is -2.47. The van der Waals surface area contributed by atoms with E-state index in [9.17, 15) is 19.8 Å². The highest BCUT2D eigenvalue weighted by atomic mass is 16.5. The molecule has 0 amide bonds. The predicted molar refractivity (Wildman–Crippen MR) is 110 cm³/mol. The van der Waals surface area contributed by atoms with Gasteiger partial charge in [-0.05, 0) is 67.8 Å². The summed E-state index contributed by atoms with van der Waals surface area (Å²) in [7, 11) is 4.79. The Balaban J connectivity index is 2.12. The lowest BCUT2D eigenvalue weighted by atomic mass is 9.70. The number of phenolic OH excluding ortho intramolecular Hbond substituents is 2. The minimum absolute atomic E-state index is 0.0160. The summed E-state index contributed by atoms with van der Waals surface area (Å²) in [6.07, 6.45) is 0.533. The van der Waals surface area contributed by atoms with Crippen molar-refractivity contribution in [3.05, 3.63) is 34.9 Å². The maximum Gasteiger partial charge on any atom is 0.168 e. The van der Waals surface area contributed by atoms with Gasteiger partial charge in [-0.1, -0.05) is 0 Å². The van der Waals surface area contributed by atoms with Crippen LogP contribution in [0.3, 0.4) is 0 Å². The monoisotopic (exact) mass is 411 g/mol. The number of carbonyl (C=O) groups excluding carboxylic acids is 2. The third-order valence-electron chi connectivity index (χ3n) is 6.39. The summed E-state index contributed by atoms with van der Waals surface area (Å²) in [5, 5.41) is 21.1. The molecule has 0 bridgehead atoms. The number of likely N-dealkylation sites (N-methyl/N-ethyl adjacent to an activating group) is 1. The third-order valence-corrected chi connectivity index (χ3v) is 6.39. The van der Waals surface area contributed by atoms with Crippen LogP contribution in [-0.2, 0) is 16.0 Å². The maximum absolute atomic E-state index is 12.7. The molecule has 30 heavy (non-hydrogen) atoms. The molecule has 7 heteroatoms. The molecule has 3 atom stereocenters. The highest BCUT2D eigenvalue weighted by Gasteiger charge is 2.47. The molecular weight excluding hydrogens is 386 g/mol. The van der Waals surface area contributed by atoms with Gasteiger partial charge in [0.2, 0.25) is 0 Å². The number of Topliss-reactive ketones (excluding diaryl/α,β-unsaturated/α-hetero) is 2. The zero-order valence-electron chi connectivity index (χ0n) is 17.6. The summed E-state index contributed by atoms with van der Waals surface area (Å²) in [6, 6.07) is 4.08. The highest BCUT2D eigenvalue weighted by molar-refractivity contribution is 5.96. The number of benzene rings is 2. The molecule has 1 heterocycles. The minimum Gasteiger partial charge on any atom is -0.504 e. The van der Waals surface area contributed by atoms with Gasteiger partial charge < -0.3 is 19.7 Å². The number of methoxy groups -OCH3 is 2. The first-order chi connectivity index (χ1) is 14.2. The van der Waals surface area contributed by atoms with Crippen LogP contribution in [0.15, 0.2) is 18.2 Å². The number of fused-ring (bicyclic) bond motifs is 2. The van der Waals surface area contributed by atoms with E-state index in [1.165, 1.54) is 28.1 Å². The predicted octanol–water partition coefficient (Wildman–Crippen LogP) is 2.95. The maximum atomic E-state index is 12.7. The topological polar surface area (TPSA) is 96.3 Å². The van der Waals surface area contributed by atoms with Gasteiger partial charge in [0.25, 0.3) is 0 Å². The Kier molecular flexibility index (Phi) is 4.73. The quantitative estimate of drug-likeness (QED) is 0.798. The van der Waals surface area contributed by atoms with Gasteiger partial charge in [0.05, 0.1) is 26.2 Å². The fraction of sp³-hybridized carbons (Fsp3) is 0.391. The number of aromatic hydroxyl groups is 2. The number of ether oxygens (including phenoxy) is 2. The summed E-state index contributed by atoms with van der Waals surface area (Å²) < 4.78 is 10.9. The van der Waals surface area contributed by atoms with Crippen LogP contribution in [0.1, 0.15) is 42.5 Å². The molecule has 2 aromatic rings. The summed E-state index contributed by atoms with van der Waals surface area (Å²) in [4.78, 5) is 27.1. The van der Waals surface area contributed by atoms with Gasteiger partial charge in [0.1, 0.15) is 11.6 Å². The van der Waals surface area contributed by atoms with Gasteiger partial charge in [-0.2, -0.15) is 0 Å². The number of rotatable bonds is 4. The van der Waals surface area contributed by atoms with Crippen molar-refractivity contribution in [2.24, 2.45) is 0 Å².